The van der Waals surface area contributed by atoms with Gasteiger partial charge in [0.2, 0.25) is 0 Å². The molecular formula is C7H14ClNO2. The molecule has 0 bridgehead atoms. The fourth-order valence-corrected chi connectivity index (χ4v) is 0.924. The summed E-state index contributed by atoms with van der Waals surface area (Å²) in [5.74, 6) is -0.418. The molecule has 3 nitrogen and oxygen atoms in total. The lowest BCUT2D eigenvalue weighted by atomic mass is 10.0. The van der Waals surface area contributed by atoms with E-state index in [1.165, 1.54) is 7.11 Å². The fraction of sp³-hybridized carbons (Fsp3) is 0.857. The van der Waals surface area contributed by atoms with E-state index < -0.39 is 16.9 Å². The zero-order chi connectivity index (χ0) is 9.07. The Bertz CT molecular complexity index is 142. The highest BCUT2D eigenvalue weighted by Crippen LogP contribution is 2.19. The van der Waals surface area contributed by atoms with E-state index >= 15 is 0 Å². The van der Waals surface area contributed by atoms with E-state index in [1.807, 2.05) is 0 Å². The van der Waals surface area contributed by atoms with Crippen molar-refractivity contribution in [1.82, 2.24) is 0 Å². The van der Waals surface area contributed by atoms with Crippen LogP contribution in [0.4, 0.5) is 0 Å². The van der Waals surface area contributed by atoms with E-state index in [-0.39, 0.29) is 0 Å². The van der Waals surface area contributed by atoms with Crippen molar-refractivity contribution >= 4 is 17.6 Å². The van der Waals surface area contributed by atoms with Gasteiger partial charge in [-0.15, -0.1) is 11.6 Å². The third kappa shape index (κ3) is 5.04. The van der Waals surface area contributed by atoms with Crippen molar-refractivity contribution in [2.24, 2.45) is 5.73 Å². The Labute approximate surface area is 71.8 Å². The summed E-state index contributed by atoms with van der Waals surface area (Å²) < 4.78 is 4.44. The van der Waals surface area contributed by atoms with Crippen molar-refractivity contribution in [1.29, 1.82) is 0 Å². The number of methoxy groups -OCH3 is 1. The van der Waals surface area contributed by atoms with Gasteiger partial charge in [-0.2, -0.15) is 0 Å². The molecule has 0 fully saturated rings. The van der Waals surface area contributed by atoms with Crippen LogP contribution in [-0.2, 0) is 9.53 Å². The van der Waals surface area contributed by atoms with Crippen LogP contribution in [0.2, 0.25) is 0 Å². The van der Waals surface area contributed by atoms with Crippen molar-refractivity contribution in [2.45, 2.75) is 31.2 Å². The van der Waals surface area contributed by atoms with Gasteiger partial charge in [0.25, 0.3) is 0 Å². The van der Waals surface area contributed by atoms with Gasteiger partial charge in [-0.3, -0.25) is 4.79 Å². The molecule has 4 heteroatoms. The third-order valence-electron chi connectivity index (χ3n) is 1.21. The highest BCUT2D eigenvalue weighted by Gasteiger charge is 2.23. The van der Waals surface area contributed by atoms with Crippen molar-refractivity contribution < 1.29 is 9.53 Å². The summed E-state index contributed by atoms with van der Waals surface area (Å²) in [5, 5.41) is 0. The second kappa shape index (κ2) is 3.93. The largest absolute Gasteiger partial charge is 0.468 e. The van der Waals surface area contributed by atoms with E-state index in [2.05, 4.69) is 4.74 Å². The number of carbonyl (C=O) groups excluding carboxylic acids is 1. The third-order valence-corrected chi connectivity index (χ3v) is 1.36. The summed E-state index contributed by atoms with van der Waals surface area (Å²) >= 11 is 5.84. The molecule has 0 amide bonds. The van der Waals surface area contributed by atoms with Crippen LogP contribution >= 0.6 is 11.6 Å². The topological polar surface area (TPSA) is 52.3 Å². The minimum atomic E-state index is -0.618. The zero-order valence-electron chi connectivity index (χ0n) is 7.06. The first-order chi connectivity index (χ1) is 4.87. The molecule has 0 saturated carbocycles. The Morgan fingerprint density at radius 1 is 1.73 bits per heavy atom. The predicted octanol–water partition coefficient (Wildman–Crippen LogP) is 0.894. The first kappa shape index (κ1) is 10.7. The van der Waals surface area contributed by atoms with Gasteiger partial charge in [-0.1, -0.05) is 0 Å². The number of hydrogen-bond acceptors (Lipinski definition) is 3. The van der Waals surface area contributed by atoms with Gasteiger partial charge in [0.05, 0.1) is 7.11 Å². The Balaban J connectivity index is 3.87. The molecule has 0 rings (SSSR count). The number of alkyl halides is 1. The smallest absolute Gasteiger partial charge is 0.322 e. The SMILES string of the molecule is COC(=O)[C@@H](N)CC(C)(C)Cl. The van der Waals surface area contributed by atoms with Crippen LogP contribution in [0, 0.1) is 0 Å². The predicted molar refractivity (Wildman–Crippen MR) is 44.5 cm³/mol. The van der Waals surface area contributed by atoms with Crippen molar-refractivity contribution in [3.63, 3.8) is 0 Å². The molecule has 0 aliphatic heterocycles. The number of hydrogen-bond donors (Lipinski definition) is 1. The molecule has 0 aliphatic rings. The maximum atomic E-state index is 10.8. The van der Waals surface area contributed by atoms with Gasteiger partial charge in [0.15, 0.2) is 0 Å². The number of carbonyl (C=O) groups is 1. The number of nitrogens with two attached hydrogens (primary N) is 1. The first-order valence-corrected chi connectivity index (χ1v) is 3.77. The summed E-state index contributed by atoms with van der Waals surface area (Å²) in [7, 11) is 1.31. The summed E-state index contributed by atoms with van der Waals surface area (Å²) in [6.07, 6.45) is 0.418. The monoisotopic (exact) mass is 179 g/mol. The number of ether oxygens (including phenoxy) is 1. The maximum absolute atomic E-state index is 10.8. The van der Waals surface area contributed by atoms with E-state index in [0.717, 1.165) is 0 Å². The molecule has 0 aliphatic carbocycles. The van der Waals surface area contributed by atoms with Crippen molar-refractivity contribution in [3.8, 4) is 0 Å². The lowest BCUT2D eigenvalue weighted by Crippen LogP contribution is -2.36. The molecule has 0 saturated heterocycles. The maximum Gasteiger partial charge on any atom is 0.322 e. The lowest BCUT2D eigenvalue weighted by Gasteiger charge is -2.18. The summed E-state index contributed by atoms with van der Waals surface area (Å²) in [4.78, 5) is 10.3. The minimum absolute atomic E-state index is 0.418. The summed E-state index contributed by atoms with van der Waals surface area (Å²) in [6.45, 7) is 3.61. The van der Waals surface area contributed by atoms with Gasteiger partial charge in [0.1, 0.15) is 6.04 Å². The molecule has 0 radical (unpaired) electrons. The average Bonchev–Trinajstić information content (AvgIpc) is 1.82. The molecule has 0 heterocycles. The van der Waals surface area contributed by atoms with Gasteiger partial charge in [-0.25, -0.2) is 0 Å². The molecule has 66 valence electrons. The quantitative estimate of drug-likeness (QED) is 0.517. The Kier molecular flexibility index (Phi) is 3.83. The Morgan fingerprint density at radius 2 is 2.18 bits per heavy atom. The zero-order valence-corrected chi connectivity index (χ0v) is 7.81. The average molecular weight is 180 g/mol. The molecule has 0 aromatic carbocycles. The molecule has 0 aromatic rings. The molecule has 0 spiro atoms. The summed E-state index contributed by atoms with van der Waals surface area (Å²) in [6, 6.07) is -0.618. The number of halogens is 1. The Hall–Kier alpha value is -0.280. The molecular weight excluding hydrogens is 166 g/mol. The van der Waals surface area contributed by atoms with Crippen molar-refractivity contribution in [2.75, 3.05) is 7.11 Å². The van der Waals surface area contributed by atoms with Crippen LogP contribution in [0.1, 0.15) is 20.3 Å². The minimum Gasteiger partial charge on any atom is -0.468 e. The van der Waals surface area contributed by atoms with Gasteiger partial charge < -0.3 is 10.5 Å². The van der Waals surface area contributed by atoms with E-state index in [9.17, 15) is 4.79 Å². The molecule has 1 atom stereocenters. The van der Waals surface area contributed by atoms with Gasteiger partial charge in [0, 0.05) is 4.87 Å². The normalized spacial score (nSPS) is 14.3. The van der Waals surface area contributed by atoms with E-state index in [0.29, 0.717) is 6.42 Å². The summed E-state index contributed by atoms with van der Waals surface area (Å²) in [5.41, 5.74) is 5.45. The Morgan fingerprint density at radius 3 is 2.45 bits per heavy atom. The van der Waals surface area contributed by atoms with Gasteiger partial charge >= 0.3 is 5.97 Å². The lowest BCUT2D eigenvalue weighted by molar-refractivity contribution is -0.142. The second-order valence-corrected chi connectivity index (χ2v) is 4.08. The van der Waals surface area contributed by atoms with E-state index in [1.54, 1.807) is 13.8 Å². The fourth-order valence-electron chi connectivity index (χ4n) is 0.758. The molecule has 11 heavy (non-hydrogen) atoms. The standard InChI is InChI=1S/C7H14ClNO2/c1-7(2,8)4-5(9)6(10)11-3/h5H,4,9H2,1-3H3/t5-/m0/s1. The van der Waals surface area contributed by atoms with Crippen LogP contribution in [-0.4, -0.2) is 24.0 Å². The first-order valence-electron chi connectivity index (χ1n) is 3.39. The van der Waals surface area contributed by atoms with Crippen LogP contribution in [0.3, 0.4) is 0 Å². The van der Waals surface area contributed by atoms with Gasteiger partial charge in [-0.05, 0) is 20.3 Å². The van der Waals surface area contributed by atoms with E-state index in [4.69, 9.17) is 17.3 Å². The van der Waals surface area contributed by atoms with Crippen LogP contribution < -0.4 is 5.73 Å². The molecule has 2 N–H and O–H groups in total. The number of esters is 1. The van der Waals surface area contributed by atoms with Crippen LogP contribution in [0.5, 0.6) is 0 Å². The molecule has 0 aromatic heterocycles. The highest BCUT2D eigenvalue weighted by atomic mass is 35.5. The second-order valence-electron chi connectivity index (χ2n) is 3.05. The number of rotatable bonds is 3. The highest BCUT2D eigenvalue weighted by molar-refractivity contribution is 6.23. The van der Waals surface area contributed by atoms with Crippen LogP contribution in [0.15, 0.2) is 0 Å². The molecule has 0 unspecified atom stereocenters. The van der Waals surface area contributed by atoms with Crippen LogP contribution in [0.25, 0.3) is 0 Å². The van der Waals surface area contributed by atoms with Crippen molar-refractivity contribution in [3.05, 3.63) is 0 Å².